The second-order valence-electron chi connectivity index (χ2n) is 3.76. The number of aliphatic hydroxyl groups excluding tert-OH is 1. The van der Waals surface area contributed by atoms with Crippen molar-refractivity contribution < 1.29 is 24.3 Å². The van der Waals surface area contributed by atoms with Crippen molar-refractivity contribution in [1.29, 1.82) is 0 Å². The standard InChI is InChI=1S/C12H15NO6/c1-8(15)9-6-11(18-2)12(19-5-3-4-14)7-10(9)13(16)17/h6-7,14H,3-5H2,1-2H3. The average Bonchev–Trinajstić information content (AvgIpc) is 2.38. The average molecular weight is 269 g/mol. The molecule has 0 aromatic heterocycles. The Balaban J connectivity index is 3.19. The van der Waals surface area contributed by atoms with E-state index in [-0.39, 0.29) is 36.0 Å². The first-order valence-electron chi connectivity index (χ1n) is 5.62. The summed E-state index contributed by atoms with van der Waals surface area (Å²) in [6, 6.07) is 2.45. The molecule has 0 atom stereocenters. The molecule has 0 unspecified atom stereocenters. The summed E-state index contributed by atoms with van der Waals surface area (Å²) in [5, 5.41) is 19.6. The van der Waals surface area contributed by atoms with E-state index in [9.17, 15) is 14.9 Å². The minimum Gasteiger partial charge on any atom is -0.493 e. The normalized spacial score (nSPS) is 10.1. The molecular weight excluding hydrogens is 254 g/mol. The number of carbonyl (C=O) groups is 1. The van der Waals surface area contributed by atoms with E-state index in [1.807, 2.05) is 0 Å². The van der Waals surface area contributed by atoms with Crippen molar-refractivity contribution in [3.63, 3.8) is 0 Å². The van der Waals surface area contributed by atoms with Crippen LogP contribution in [0.3, 0.4) is 0 Å². The number of nitrogens with zero attached hydrogens (tertiary/aromatic N) is 1. The Bertz CT molecular complexity index is 485. The van der Waals surface area contributed by atoms with E-state index in [0.717, 1.165) is 6.07 Å². The molecule has 0 bridgehead atoms. The van der Waals surface area contributed by atoms with Gasteiger partial charge in [-0.25, -0.2) is 0 Å². The van der Waals surface area contributed by atoms with Crippen molar-refractivity contribution in [2.24, 2.45) is 0 Å². The van der Waals surface area contributed by atoms with Crippen molar-refractivity contribution in [3.8, 4) is 11.5 Å². The van der Waals surface area contributed by atoms with Crippen LogP contribution in [0.25, 0.3) is 0 Å². The van der Waals surface area contributed by atoms with Gasteiger partial charge in [0, 0.05) is 19.1 Å². The van der Waals surface area contributed by atoms with Crippen LogP contribution >= 0.6 is 0 Å². The summed E-state index contributed by atoms with van der Waals surface area (Å²) >= 11 is 0. The van der Waals surface area contributed by atoms with E-state index < -0.39 is 10.7 Å². The van der Waals surface area contributed by atoms with Gasteiger partial charge < -0.3 is 14.6 Å². The summed E-state index contributed by atoms with van der Waals surface area (Å²) in [6.07, 6.45) is 0.394. The van der Waals surface area contributed by atoms with Crippen LogP contribution in [0.1, 0.15) is 23.7 Å². The third-order valence-corrected chi connectivity index (χ3v) is 2.42. The number of carbonyl (C=O) groups excluding carboxylic acids is 1. The Morgan fingerprint density at radius 1 is 1.42 bits per heavy atom. The fourth-order valence-corrected chi connectivity index (χ4v) is 1.50. The van der Waals surface area contributed by atoms with E-state index in [2.05, 4.69) is 0 Å². The van der Waals surface area contributed by atoms with Gasteiger partial charge in [-0.2, -0.15) is 0 Å². The van der Waals surface area contributed by atoms with Crippen molar-refractivity contribution in [1.82, 2.24) is 0 Å². The van der Waals surface area contributed by atoms with E-state index in [0.29, 0.717) is 6.42 Å². The number of ether oxygens (including phenoxy) is 2. The zero-order valence-electron chi connectivity index (χ0n) is 10.7. The lowest BCUT2D eigenvalue weighted by atomic mass is 10.1. The molecule has 0 saturated carbocycles. The lowest BCUT2D eigenvalue weighted by molar-refractivity contribution is -0.385. The smallest absolute Gasteiger partial charge is 0.284 e. The molecule has 0 radical (unpaired) electrons. The molecule has 0 aliphatic heterocycles. The van der Waals surface area contributed by atoms with E-state index in [1.165, 1.54) is 20.1 Å². The Morgan fingerprint density at radius 3 is 2.58 bits per heavy atom. The van der Waals surface area contributed by atoms with Gasteiger partial charge in [-0.15, -0.1) is 0 Å². The fourth-order valence-electron chi connectivity index (χ4n) is 1.50. The van der Waals surface area contributed by atoms with Crippen LogP contribution in [0.2, 0.25) is 0 Å². The molecule has 1 aromatic carbocycles. The molecular formula is C12H15NO6. The number of benzene rings is 1. The minimum absolute atomic E-state index is 0.0311. The summed E-state index contributed by atoms with van der Waals surface area (Å²) in [5.41, 5.74) is -0.358. The Morgan fingerprint density at radius 2 is 2.11 bits per heavy atom. The molecule has 1 aromatic rings. The predicted molar refractivity (Wildman–Crippen MR) is 66.9 cm³/mol. The summed E-state index contributed by atoms with van der Waals surface area (Å²) in [5.74, 6) is -0.00621. The van der Waals surface area contributed by atoms with Crippen LogP contribution < -0.4 is 9.47 Å². The van der Waals surface area contributed by atoms with Crippen LogP contribution in [0.15, 0.2) is 12.1 Å². The molecule has 19 heavy (non-hydrogen) atoms. The van der Waals surface area contributed by atoms with Crippen molar-refractivity contribution in [2.45, 2.75) is 13.3 Å². The third kappa shape index (κ3) is 3.65. The molecule has 7 nitrogen and oxygen atoms in total. The fraction of sp³-hybridized carbons (Fsp3) is 0.417. The Kier molecular flexibility index (Phi) is 5.25. The molecule has 1 rings (SSSR count). The zero-order valence-corrected chi connectivity index (χ0v) is 10.7. The quantitative estimate of drug-likeness (QED) is 0.349. The largest absolute Gasteiger partial charge is 0.493 e. The topological polar surface area (TPSA) is 98.9 Å². The number of methoxy groups -OCH3 is 1. The molecule has 0 fully saturated rings. The van der Waals surface area contributed by atoms with Gasteiger partial charge in [-0.3, -0.25) is 14.9 Å². The maximum atomic E-state index is 11.4. The van der Waals surface area contributed by atoms with Gasteiger partial charge >= 0.3 is 0 Å². The number of nitro benzene ring substituents is 1. The third-order valence-electron chi connectivity index (χ3n) is 2.42. The van der Waals surface area contributed by atoms with Crippen LogP contribution in [0, 0.1) is 10.1 Å². The molecule has 0 saturated heterocycles. The first-order chi connectivity index (χ1) is 9.01. The number of Topliss-reactive ketones (excluding diaryl/α,β-unsaturated/α-hetero) is 1. The molecule has 1 N–H and O–H groups in total. The predicted octanol–water partition coefficient (Wildman–Crippen LogP) is 1.57. The number of ketones is 1. The maximum Gasteiger partial charge on any atom is 0.284 e. The summed E-state index contributed by atoms with van der Waals surface area (Å²) < 4.78 is 10.3. The first-order valence-corrected chi connectivity index (χ1v) is 5.62. The lowest BCUT2D eigenvalue weighted by Crippen LogP contribution is -2.05. The number of hydrogen-bond acceptors (Lipinski definition) is 6. The highest BCUT2D eigenvalue weighted by atomic mass is 16.6. The van der Waals surface area contributed by atoms with E-state index in [1.54, 1.807) is 0 Å². The zero-order chi connectivity index (χ0) is 14.4. The highest BCUT2D eigenvalue weighted by Gasteiger charge is 2.22. The molecule has 0 amide bonds. The second kappa shape index (κ2) is 6.69. The molecule has 0 heterocycles. The van der Waals surface area contributed by atoms with Gasteiger partial charge in [-0.05, 0) is 6.92 Å². The van der Waals surface area contributed by atoms with Gasteiger partial charge in [0.25, 0.3) is 5.69 Å². The van der Waals surface area contributed by atoms with Crippen LogP contribution in [-0.4, -0.2) is 36.1 Å². The van der Waals surface area contributed by atoms with Gasteiger partial charge in [0.2, 0.25) is 0 Å². The number of rotatable bonds is 7. The molecule has 0 aliphatic carbocycles. The maximum absolute atomic E-state index is 11.4. The highest BCUT2D eigenvalue weighted by molar-refractivity contribution is 5.98. The van der Waals surface area contributed by atoms with Crippen molar-refractivity contribution in [3.05, 3.63) is 27.8 Å². The van der Waals surface area contributed by atoms with Gasteiger partial charge in [0.1, 0.15) is 0 Å². The summed E-state index contributed by atoms with van der Waals surface area (Å²) in [6.45, 7) is 1.40. The van der Waals surface area contributed by atoms with Gasteiger partial charge in [-0.1, -0.05) is 0 Å². The summed E-state index contributed by atoms with van der Waals surface area (Å²) in [4.78, 5) is 21.7. The monoisotopic (exact) mass is 269 g/mol. The summed E-state index contributed by atoms with van der Waals surface area (Å²) in [7, 11) is 1.38. The Labute approximate surface area is 109 Å². The van der Waals surface area contributed by atoms with E-state index in [4.69, 9.17) is 14.6 Å². The van der Waals surface area contributed by atoms with Crippen LogP contribution in [0.5, 0.6) is 11.5 Å². The second-order valence-corrected chi connectivity index (χ2v) is 3.76. The van der Waals surface area contributed by atoms with Gasteiger partial charge in [0.15, 0.2) is 17.3 Å². The number of hydrogen-bond donors (Lipinski definition) is 1. The SMILES string of the molecule is COc1cc(C(C)=O)c([N+](=O)[O-])cc1OCCCO. The molecule has 0 aliphatic rings. The van der Waals surface area contributed by atoms with Gasteiger partial charge in [0.05, 0.1) is 30.3 Å². The lowest BCUT2D eigenvalue weighted by Gasteiger charge is -2.11. The molecule has 104 valence electrons. The highest BCUT2D eigenvalue weighted by Crippen LogP contribution is 2.35. The molecule has 7 heteroatoms. The van der Waals surface area contributed by atoms with Crippen LogP contribution in [0.4, 0.5) is 5.69 Å². The van der Waals surface area contributed by atoms with E-state index >= 15 is 0 Å². The molecule has 0 spiro atoms. The van der Waals surface area contributed by atoms with Crippen LogP contribution in [-0.2, 0) is 0 Å². The number of aliphatic hydroxyl groups is 1. The minimum atomic E-state index is -0.644. The Hall–Kier alpha value is -2.15. The van der Waals surface area contributed by atoms with Crippen molar-refractivity contribution in [2.75, 3.05) is 20.3 Å². The van der Waals surface area contributed by atoms with Crippen molar-refractivity contribution >= 4 is 11.5 Å². The number of nitro groups is 1. The first kappa shape index (κ1) is 14.9.